The highest BCUT2D eigenvalue weighted by Crippen LogP contribution is 2.48. The van der Waals surface area contributed by atoms with Crippen LogP contribution in [0.15, 0.2) is 63.7 Å². The number of nitrogens with one attached hydrogen (secondary N) is 1. The first-order valence-electron chi connectivity index (χ1n) is 9.50. The van der Waals surface area contributed by atoms with E-state index in [1.165, 1.54) is 36.9 Å². The monoisotopic (exact) mass is 416 g/mol. The van der Waals surface area contributed by atoms with Crippen LogP contribution in [0.3, 0.4) is 0 Å². The highest BCUT2D eigenvalue weighted by Gasteiger charge is 2.42. The zero-order chi connectivity index (χ0) is 22.0. The van der Waals surface area contributed by atoms with Crippen LogP contribution >= 0.6 is 0 Å². The van der Waals surface area contributed by atoms with Crippen LogP contribution in [0.5, 0.6) is 0 Å². The lowest BCUT2D eigenvalue weighted by Crippen LogP contribution is -2.42. The summed E-state index contributed by atoms with van der Waals surface area (Å²) in [6, 6.07) is 12.9. The number of non-ortho nitro benzene ring substituents is 1. The molecule has 0 radical (unpaired) electrons. The second-order valence-corrected chi connectivity index (χ2v) is 7.54. The van der Waals surface area contributed by atoms with E-state index in [9.17, 15) is 24.5 Å². The minimum Gasteiger partial charge on any atom is -0.340 e. The first-order chi connectivity index (χ1) is 14.8. The number of Topliss-reactive ketones (excluding diaryl/α,β-unsaturated/α-hetero) is 1. The maximum atomic E-state index is 13.4. The number of carbonyl (C=O) groups excluding carboxylic acids is 1. The number of carbonyl (C=O) groups is 1. The van der Waals surface area contributed by atoms with Gasteiger partial charge in [-0.2, -0.15) is 0 Å². The third-order valence-corrected chi connectivity index (χ3v) is 5.89. The molecule has 1 aliphatic carbocycles. The van der Waals surface area contributed by atoms with Crippen LogP contribution < -0.4 is 16.6 Å². The average molecular weight is 416 g/mol. The molecule has 0 fully saturated rings. The van der Waals surface area contributed by atoms with E-state index in [1.54, 1.807) is 30.3 Å². The predicted octanol–water partition coefficient (Wildman–Crippen LogP) is 2.16. The van der Waals surface area contributed by atoms with Crippen molar-refractivity contribution in [2.75, 3.05) is 5.32 Å². The zero-order valence-corrected chi connectivity index (χ0v) is 16.6. The molecule has 1 aromatic heterocycles. The third-order valence-electron chi connectivity index (χ3n) is 5.89. The molecule has 9 nitrogen and oxygen atoms in total. The van der Waals surface area contributed by atoms with Crippen molar-refractivity contribution in [2.24, 2.45) is 14.1 Å². The molecule has 0 saturated heterocycles. The molecular weight excluding hydrogens is 400 g/mol. The number of allylic oxidation sites excluding steroid dienone is 1. The number of nitrogens with zero attached hydrogens (tertiary/aromatic N) is 3. The Bertz CT molecular complexity index is 1480. The molecular formula is C22H16N4O5. The van der Waals surface area contributed by atoms with Crippen molar-refractivity contribution in [1.29, 1.82) is 0 Å². The molecule has 1 N–H and O–H groups in total. The highest BCUT2D eigenvalue weighted by atomic mass is 16.6. The third kappa shape index (κ3) is 2.46. The van der Waals surface area contributed by atoms with Gasteiger partial charge in [-0.25, -0.2) is 4.79 Å². The summed E-state index contributed by atoms with van der Waals surface area (Å²) in [7, 11) is 2.90. The number of nitro benzene ring substituents is 1. The Morgan fingerprint density at radius 1 is 0.968 bits per heavy atom. The maximum absolute atomic E-state index is 13.4. The lowest BCUT2D eigenvalue weighted by molar-refractivity contribution is -0.384. The quantitative estimate of drug-likeness (QED) is 0.506. The minimum absolute atomic E-state index is 0.149. The normalized spacial score (nSPS) is 16.5. The van der Waals surface area contributed by atoms with Crippen LogP contribution in [-0.2, 0) is 14.1 Å². The number of nitro groups is 1. The zero-order valence-electron chi connectivity index (χ0n) is 16.6. The van der Waals surface area contributed by atoms with Crippen molar-refractivity contribution in [3.05, 3.63) is 107 Å². The molecule has 9 heteroatoms. The van der Waals surface area contributed by atoms with Gasteiger partial charge in [0.1, 0.15) is 5.82 Å². The second-order valence-electron chi connectivity index (χ2n) is 7.54. The van der Waals surface area contributed by atoms with Crippen LogP contribution in [0.4, 0.5) is 11.5 Å². The van der Waals surface area contributed by atoms with Gasteiger partial charge in [0, 0.05) is 48.8 Å². The van der Waals surface area contributed by atoms with Crippen molar-refractivity contribution >= 4 is 23.0 Å². The van der Waals surface area contributed by atoms with Gasteiger partial charge in [-0.1, -0.05) is 36.4 Å². The first-order valence-corrected chi connectivity index (χ1v) is 9.50. The van der Waals surface area contributed by atoms with Gasteiger partial charge in [-0.3, -0.25) is 28.8 Å². The van der Waals surface area contributed by atoms with E-state index in [1.807, 2.05) is 0 Å². The molecule has 31 heavy (non-hydrogen) atoms. The van der Waals surface area contributed by atoms with E-state index in [-0.39, 0.29) is 22.9 Å². The molecule has 0 amide bonds. The van der Waals surface area contributed by atoms with Crippen LogP contribution in [0, 0.1) is 10.1 Å². The van der Waals surface area contributed by atoms with Gasteiger partial charge in [0.05, 0.1) is 16.2 Å². The van der Waals surface area contributed by atoms with Gasteiger partial charge in [0.15, 0.2) is 5.78 Å². The summed E-state index contributed by atoms with van der Waals surface area (Å²) in [5.74, 6) is -0.847. The highest BCUT2D eigenvalue weighted by molar-refractivity contribution is 6.23. The molecule has 3 aromatic rings. The van der Waals surface area contributed by atoms with E-state index in [0.717, 1.165) is 4.57 Å². The maximum Gasteiger partial charge on any atom is 0.332 e. The Morgan fingerprint density at radius 3 is 2.39 bits per heavy atom. The molecule has 1 aliphatic heterocycles. The molecule has 0 spiro atoms. The van der Waals surface area contributed by atoms with E-state index in [4.69, 9.17) is 0 Å². The molecule has 1 unspecified atom stereocenters. The van der Waals surface area contributed by atoms with Gasteiger partial charge in [0.25, 0.3) is 11.2 Å². The number of rotatable bonds is 2. The molecule has 0 saturated carbocycles. The van der Waals surface area contributed by atoms with Crippen molar-refractivity contribution in [3.63, 3.8) is 0 Å². The van der Waals surface area contributed by atoms with E-state index < -0.39 is 22.1 Å². The molecule has 0 bridgehead atoms. The SMILES string of the molecule is Cn1c2c(c(=O)n(C)c1=O)C(c1cccc([N+](=O)[O-])c1)C1=C(N2)c2ccccc2C1=O. The summed E-state index contributed by atoms with van der Waals surface area (Å²) in [5, 5.41) is 14.5. The Balaban J connectivity index is 1.89. The molecule has 1 atom stereocenters. The van der Waals surface area contributed by atoms with E-state index >= 15 is 0 Å². The summed E-state index contributed by atoms with van der Waals surface area (Å²) < 4.78 is 2.29. The Kier molecular flexibility index (Phi) is 3.85. The van der Waals surface area contributed by atoms with Crippen molar-refractivity contribution in [1.82, 2.24) is 9.13 Å². The fourth-order valence-electron chi connectivity index (χ4n) is 4.41. The van der Waals surface area contributed by atoms with Crippen LogP contribution in [0.1, 0.15) is 33.0 Å². The second kappa shape index (κ2) is 6.36. The average Bonchev–Trinajstić information content (AvgIpc) is 3.07. The number of fused-ring (bicyclic) bond motifs is 3. The van der Waals surface area contributed by atoms with Crippen molar-refractivity contribution in [2.45, 2.75) is 5.92 Å². The lowest BCUT2D eigenvalue weighted by atomic mass is 9.81. The van der Waals surface area contributed by atoms with Gasteiger partial charge in [-0.15, -0.1) is 0 Å². The minimum atomic E-state index is -0.864. The number of anilines is 1. The fourth-order valence-corrected chi connectivity index (χ4v) is 4.41. The molecule has 5 rings (SSSR count). The number of hydrogen-bond donors (Lipinski definition) is 1. The summed E-state index contributed by atoms with van der Waals surface area (Å²) in [4.78, 5) is 50.0. The predicted molar refractivity (Wildman–Crippen MR) is 113 cm³/mol. The summed E-state index contributed by atoms with van der Waals surface area (Å²) in [6.07, 6.45) is 0. The Labute approximate surface area is 175 Å². The number of aromatic nitrogens is 2. The van der Waals surface area contributed by atoms with Gasteiger partial charge in [0.2, 0.25) is 0 Å². The largest absolute Gasteiger partial charge is 0.340 e. The number of benzene rings is 2. The molecule has 2 aliphatic rings. The van der Waals surface area contributed by atoms with Crippen LogP contribution in [0.2, 0.25) is 0 Å². The number of ketones is 1. The molecule has 154 valence electrons. The van der Waals surface area contributed by atoms with Crippen LogP contribution in [-0.4, -0.2) is 19.8 Å². The Morgan fingerprint density at radius 2 is 1.68 bits per heavy atom. The summed E-state index contributed by atoms with van der Waals surface area (Å²) in [5.41, 5.74) is 1.39. The topological polar surface area (TPSA) is 116 Å². The van der Waals surface area contributed by atoms with Crippen molar-refractivity contribution < 1.29 is 9.72 Å². The van der Waals surface area contributed by atoms with E-state index in [0.29, 0.717) is 28.0 Å². The Hall–Kier alpha value is -4.27. The first kappa shape index (κ1) is 18.7. The number of hydrogen-bond acceptors (Lipinski definition) is 6. The standard InChI is InChI=1S/C22H16N4O5/c1-24-20-17(21(28)25(2)22(24)29)15(11-6-5-7-12(10-11)26(30)31)16-18(23-20)13-8-3-4-9-14(13)19(16)27/h3-10,15,23H,1-2H3. The lowest BCUT2D eigenvalue weighted by Gasteiger charge is -2.29. The summed E-state index contributed by atoms with van der Waals surface area (Å²) in [6.45, 7) is 0. The van der Waals surface area contributed by atoms with Gasteiger partial charge < -0.3 is 5.32 Å². The molecule has 2 heterocycles. The van der Waals surface area contributed by atoms with Crippen molar-refractivity contribution in [3.8, 4) is 0 Å². The van der Waals surface area contributed by atoms with Gasteiger partial charge in [-0.05, 0) is 5.56 Å². The van der Waals surface area contributed by atoms with Gasteiger partial charge >= 0.3 is 5.69 Å². The summed E-state index contributed by atoms with van der Waals surface area (Å²) >= 11 is 0. The molecule has 2 aromatic carbocycles. The fraction of sp³-hybridized carbons (Fsp3) is 0.136. The van der Waals surface area contributed by atoms with Crippen LogP contribution in [0.25, 0.3) is 5.70 Å². The smallest absolute Gasteiger partial charge is 0.332 e. The van der Waals surface area contributed by atoms with E-state index in [2.05, 4.69) is 5.32 Å².